The van der Waals surface area contributed by atoms with E-state index >= 15 is 0 Å². The van der Waals surface area contributed by atoms with Crippen molar-refractivity contribution in [3.8, 4) is 0 Å². The largest absolute Gasteiger partial charge is 0.471 e. The molecule has 1 aromatic rings. The van der Waals surface area contributed by atoms with Crippen molar-refractivity contribution in [2.24, 2.45) is 0 Å². The van der Waals surface area contributed by atoms with E-state index < -0.39 is 142 Å². The van der Waals surface area contributed by atoms with Crippen molar-refractivity contribution in [1.82, 2.24) is 0 Å². The van der Waals surface area contributed by atoms with Gasteiger partial charge in [-0.05, 0) is 24.1 Å². The van der Waals surface area contributed by atoms with Gasteiger partial charge >= 0.3 is 12.1 Å². The van der Waals surface area contributed by atoms with Gasteiger partial charge in [0.05, 0.1) is 26.4 Å². The van der Waals surface area contributed by atoms with E-state index in [9.17, 15) is 84.4 Å². The number of ether oxygens (including phenoxy) is 6. The van der Waals surface area contributed by atoms with Crippen molar-refractivity contribution >= 4 is 11.6 Å². The van der Waals surface area contributed by atoms with Crippen LogP contribution >= 0.6 is 0 Å². The molecule has 0 aromatic heterocycles. The first-order valence-corrected chi connectivity index (χ1v) is 16.8. The molecule has 14 N–H and O–H groups in total. The smallest absolute Gasteiger partial charge is 0.394 e. The Morgan fingerprint density at radius 3 is 1.49 bits per heavy atom. The first-order chi connectivity index (χ1) is 25.8. The van der Waals surface area contributed by atoms with E-state index in [1.165, 1.54) is 12.1 Å². The van der Waals surface area contributed by atoms with Gasteiger partial charge in [0.1, 0.15) is 91.6 Å². The van der Waals surface area contributed by atoms with Crippen LogP contribution in [0.1, 0.15) is 5.56 Å². The van der Waals surface area contributed by atoms with Gasteiger partial charge in [-0.25, -0.2) is 0 Å². The molecule has 0 bridgehead atoms. The predicted octanol–water partition coefficient (Wildman–Crippen LogP) is -6.72. The van der Waals surface area contributed by atoms with Crippen LogP contribution in [-0.4, -0.2) is 215 Å². The average Bonchev–Trinajstić information content (AvgIpc) is 3.16. The van der Waals surface area contributed by atoms with E-state index in [-0.39, 0.29) is 18.7 Å². The molecule has 3 heterocycles. The molecule has 1 amide bonds. The Hall–Kier alpha value is -2.28. The van der Waals surface area contributed by atoms with Gasteiger partial charge in [-0.3, -0.25) is 4.79 Å². The Balaban J connectivity index is 1.65. The summed E-state index contributed by atoms with van der Waals surface area (Å²) >= 11 is 0. The topological polar surface area (TPSA) is 347 Å². The number of benzene rings is 1. The minimum atomic E-state index is -5.14. The van der Waals surface area contributed by atoms with Gasteiger partial charge in [-0.15, -0.1) is 0 Å². The van der Waals surface area contributed by atoms with Crippen LogP contribution in [0.5, 0.6) is 0 Å². The number of aliphatic hydroxyl groups excluding tert-OH is 13. The van der Waals surface area contributed by atoms with Crippen molar-refractivity contribution in [1.29, 1.82) is 0 Å². The molecule has 1 aromatic carbocycles. The maximum Gasteiger partial charge on any atom is 0.471 e. The van der Waals surface area contributed by atoms with Crippen molar-refractivity contribution in [2.75, 3.05) is 31.7 Å². The maximum absolute atomic E-state index is 12.6. The summed E-state index contributed by atoms with van der Waals surface area (Å²) in [5.41, 5.74) is 0.231. The Bertz CT molecular complexity index is 1350. The molecule has 316 valence electrons. The Labute approximate surface area is 309 Å². The molecule has 4 rings (SSSR count). The zero-order valence-corrected chi connectivity index (χ0v) is 28.5. The molecular weight excluding hydrogens is 763 g/mol. The second-order valence-electron chi connectivity index (χ2n) is 13.1. The highest BCUT2D eigenvalue weighted by Gasteiger charge is 2.56. The highest BCUT2D eigenvalue weighted by atomic mass is 19.4. The molecule has 55 heavy (non-hydrogen) atoms. The fourth-order valence-electron chi connectivity index (χ4n) is 6.08. The lowest BCUT2D eigenvalue weighted by atomic mass is 9.93. The van der Waals surface area contributed by atoms with Crippen LogP contribution in [0, 0.1) is 0 Å². The monoisotopic (exact) mass is 809 g/mol. The van der Waals surface area contributed by atoms with E-state index in [4.69, 9.17) is 28.4 Å². The Morgan fingerprint density at radius 1 is 0.636 bits per heavy atom. The van der Waals surface area contributed by atoms with Crippen LogP contribution in [0.15, 0.2) is 24.3 Å². The maximum atomic E-state index is 12.6. The zero-order chi connectivity index (χ0) is 40.9. The number of rotatable bonds is 15. The second kappa shape index (κ2) is 19.4. The van der Waals surface area contributed by atoms with Crippen molar-refractivity contribution < 1.29 is 113 Å². The number of carbonyl (C=O) groups excluding carboxylic acids is 1. The van der Waals surface area contributed by atoms with Crippen LogP contribution in [0.3, 0.4) is 0 Å². The van der Waals surface area contributed by atoms with Gasteiger partial charge < -0.3 is 100 Å². The lowest BCUT2D eigenvalue weighted by Gasteiger charge is -2.50. The highest BCUT2D eigenvalue weighted by Crippen LogP contribution is 2.35. The van der Waals surface area contributed by atoms with E-state index in [1.807, 2.05) is 0 Å². The Kier molecular flexibility index (Phi) is 16.1. The van der Waals surface area contributed by atoms with E-state index in [0.717, 1.165) is 12.1 Å². The van der Waals surface area contributed by atoms with Gasteiger partial charge in [0.15, 0.2) is 18.9 Å². The SMILES string of the molecule is O=C(Nc1ccc(CCO[C@@H]2OC([C@H](O)CO)[C@@H](O)[C@H](O[C@@H]3OC([C@H](O)CO)[C@@H](O)[C@H](O)[C@@H]3O)[C@@H]2O[C@@H]2OC([C@H](O)CO)[C@@H](O)[C@H](O)[C@@H]2O)cc1)C(F)(F)F. The van der Waals surface area contributed by atoms with Crippen LogP contribution in [0.4, 0.5) is 18.9 Å². The lowest BCUT2D eigenvalue weighted by molar-refractivity contribution is -0.398. The molecule has 0 aliphatic carbocycles. The molecule has 0 saturated carbocycles. The van der Waals surface area contributed by atoms with Crippen LogP contribution in [0.25, 0.3) is 0 Å². The van der Waals surface area contributed by atoms with Crippen LogP contribution in [0.2, 0.25) is 0 Å². The lowest BCUT2D eigenvalue weighted by Crippen LogP contribution is -2.69. The summed E-state index contributed by atoms with van der Waals surface area (Å²) in [7, 11) is 0. The second-order valence-corrected chi connectivity index (χ2v) is 13.1. The van der Waals surface area contributed by atoms with Gasteiger partial charge in [0.2, 0.25) is 0 Å². The molecule has 18 atom stereocenters. The number of carbonyl (C=O) groups is 1. The summed E-state index contributed by atoms with van der Waals surface area (Å²) in [6.45, 7) is -3.40. The minimum absolute atomic E-state index is 0.0468. The van der Waals surface area contributed by atoms with Gasteiger partial charge in [-0.2, -0.15) is 13.2 Å². The van der Waals surface area contributed by atoms with E-state index in [0.29, 0.717) is 5.56 Å². The highest BCUT2D eigenvalue weighted by molar-refractivity contribution is 5.94. The van der Waals surface area contributed by atoms with Crippen molar-refractivity contribution in [3.05, 3.63) is 29.8 Å². The normalized spacial score (nSPS) is 38.9. The van der Waals surface area contributed by atoms with Gasteiger partial charge in [0, 0.05) is 5.69 Å². The summed E-state index contributed by atoms with van der Waals surface area (Å²) in [6.07, 6.45) is -40.7. The standard InChI is InChI=1S/C31H46F3NO20/c32-31(33,34)30(49)35-11-3-1-10(2-4-11)5-6-50-29-26(55-28-20(47)16(43)18(45)23(52-28)13(40)8-37)25(21(48)24(53-29)14(41)9-38)54-27-19(46)15(42)17(44)22(51-27)12(39)7-36/h1-4,12-29,36-48H,5-9H2,(H,35,49)/t12-,13-,14-,15+,16+,17+,18+,19+,20+,21-,22?,23?,24?,25+,26+,27+,28+,29-/m1/s1. The number of hydrogen-bond acceptors (Lipinski definition) is 20. The molecule has 21 nitrogen and oxygen atoms in total. The molecule has 3 saturated heterocycles. The first kappa shape index (κ1) is 45.4. The summed E-state index contributed by atoms with van der Waals surface area (Å²) in [4.78, 5) is 11.3. The number of hydrogen-bond donors (Lipinski definition) is 14. The third kappa shape index (κ3) is 10.6. The third-order valence-corrected chi connectivity index (χ3v) is 9.19. The number of anilines is 1. The summed E-state index contributed by atoms with van der Waals surface area (Å²) < 4.78 is 72.0. The molecule has 3 fully saturated rings. The molecule has 0 radical (unpaired) electrons. The number of nitrogens with one attached hydrogen (secondary N) is 1. The summed E-state index contributed by atoms with van der Waals surface area (Å²) in [6, 6.07) is 5.00. The van der Waals surface area contributed by atoms with Crippen molar-refractivity contribution in [3.63, 3.8) is 0 Å². The fraction of sp³-hybridized carbons (Fsp3) is 0.774. The van der Waals surface area contributed by atoms with E-state index in [1.54, 1.807) is 5.32 Å². The molecule has 3 aliphatic rings. The summed E-state index contributed by atoms with van der Waals surface area (Å²) in [5, 5.41) is 136. The average molecular weight is 810 g/mol. The van der Waals surface area contributed by atoms with Crippen LogP contribution < -0.4 is 5.32 Å². The third-order valence-electron chi connectivity index (χ3n) is 9.19. The molecule has 3 unspecified atom stereocenters. The zero-order valence-electron chi connectivity index (χ0n) is 28.5. The molecule has 3 aliphatic heterocycles. The number of alkyl halides is 3. The molecule has 0 spiro atoms. The summed E-state index contributed by atoms with van der Waals surface area (Å²) in [5.74, 6) is -2.20. The Morgan fingerprint density at radius 2 is 1.05 bits per heavy atom. The predicted molar refractivity (Wildman–Crippen MR) is 168 cm³/mol. The van der Waals surface area contributed by atoms with Gasteiger partial charge in [-0.1, -0.05) is 12.1 Å². The number of halogens is 3. The number of aliphatic hydroxyl groups is 13. The van der Waals surface area contributed by atoms with E-state index in [2.05, 4.69) is 0 Å². The molecular formula is C31H46F3NO20. The van der Waals surface area contributed by atoms with Crippen LogP contribution in [-0.2, 0) is 39.6 Å². The first-order valence-electron chi connectivity index (χ1n) is 16.8. The molecule has 24 heteroatoms. The number of amides is 1. The van der Waals surface area contributed by atoms with Gasteiger partial charge in [0.25, 0.3) is 0 Å². The minimum Gasteiger partial charge on any atom is -0.394 e. The van der Waals surface area contributed by atoms with Crippen molar-refractivity contribution in [2.45, 2.75) is 123 Å². The quantitative estimate of drug-likeness (QED) is 0.0783. The fourth-order valence-corrected chi connectivity index (χ4v) is 6.08.